The summed E-state index contributed by atoms with van der Waals surface area (Å²) in [7, 11) is 1.37. The van der Waals surface area contributed by atoms with Crippen molar-refractivity contribution in [1.82, 2.24) is 5.43 Å². The molecule has 0 saturated carbocycles. The second kappa shape index (κ2) is 12.5. The van der Waals surface area contributed by atoms with Crippen molar-refractivity contribution in [3.05, 3.63) is 29.8 Å². The maximum atomic E-state index is 11.7. The molecule has 26 heavy (non-hydrogen) atoms. The van der Waals surface area contributed by atoms with Gasteiger partial charge < -0.3 is 15.2 Å². The monoisotopic (exact) mass is 363 g/mol. The minimum atomic E-state index is -0.573. The van der Waals surface area contributed by atoms with Gasteiger partial charge in [-0.3, -0.25) is 14.4 Å². The largest absolute Gasteiger partial charge is 0.483 e. The maximum Gasteiger partial charge on any atom is 0.305 e. The standard InChI is InChI=1S/C18H25N3O5/c1-25-18(24)11-5-3-2-4-10-17(23)21-20-12-14-8-6-7-9-15(14)26-13-16(19)22/h6-9,12H,2-5,10-11,13H2,1H3,(H2,19,22)(H,21,23)/b20-12+. The van der Waals surface area contributed by atoms with Crippen LogP contribution in [0.25, 0.3) is 0 Å². The Morgan fingerprint density at radius 1 is 1.12 bits per heavy atom. The second-order valence-electron chi connectivity index (χ2n) is 5.58. The number of hydrogen-bond donors (Lipinski definition) is 2. The maximum absolute atomic E-state index is 11.7. The van der Waals surface area contributed by atoms with E-state index in [0.29, 0.717) is 24.2 Å². The Morgan fingerprint density at radius 3 is 2.50 bits per heavy atom. The summed E-state index contributed by atoms with van der Waals surface area (Å²) in [5, 5.41) is 3.90. The van der Waals surface area contributed by atoms with Gasteiger partial charge in [-0.05, 0) is 25.0 Å². The zero-order valence-electron chi connectivity index (χ0n) is 14.9. The first-order valence-corrected chi connectivity index (χ1v) is 8.41. The highest BCUT2D eigenvalue weighted by Gasteiger charge is 2.04. The highest BCUT2D eigenvalue weighted by molar-refractivity contribution is 5.85. The van der Waals surface area contributed by atoms with Crippen molar-refractivity contribution in [2.45, 2.75) is 38.5 Å². The number of carbonyl (C=O) groups is 3. The summed E-state index contributed by atoms with van der Waals surface area (Å²) < 4.78 is 9.83. The first-order chi connectivity index (χ1) is 12.5. The molecule has 0 aliphatic heterocycles. The Labute approximate surface area is 152 Å². The molecule has 0 aromatic heterocycles. The summed E-state index contributed by atoms with van der Waals surface area (Å²) in [6.45, 7) is -0.229. The number of hydrogen-bond acceptors (Lipinski definition) is 6. The molecule has 142 valence electrons. The Hall–Kier alpha value is -2.90. The number of nitrogens with zero attached hydrogens (tertiary/aromatic N) is 1. The van der Waals surface area contributed by atoms with Gasteiger partial charge in [0.25, 0.3) is 5.91 Å². The number of amides is 2. The van der Waals surface area contributed by atoms with E-state index < -0.39 is 5.91 Å². The first kappa shape index (κ1) is 21.1. The van der Waals surface area contributed by atoms with E-state index in [1.807, 2.05) is 0 Å². The quantitative estimate of drug-likeness (QED) is 0.252. The van der Waals surface area contributed by atoms with Crippen LogP contribution in [-0.2, 0) is 19.1 Å². The molecule has 0 spiro atoms. The molecular formula is C18H25N3O5. The Kier molecular flexibility index (Phi) is 10.1. The zero-order chi connectivity index (χ0) is 19.2. The van der Waals surface area contributed by atoms with Crippen molar-refractivity contribution < 1.29 is 23.9 Å². The van der Waals surface area contributed by atoms with Gasteiger partial charge in [0.15, 0.2) is 6.61 Å². The summed E-state index contributed by atoms with van der Waals surface area (Å²) in [6, 6.07) is 6.97. The van der Waals surface area contributed by atoms with Crippen LogP contribution in [0.4, 0.5) is 0 Å². The van der Waals surface area contributed by atoms with Crippen molar-refractivity contribution in [3.8, 4) is 5.75 Å². The van der Waals surface area contributed by atoms with Gasteiger partial charge in [-0.25, -0.2) is 5.43 Å². The molecule has 0 aliphatic rings. The fourth-order valence-electron chi connectivity index (χ4n) is 2.11. The van der Waals surface area contributed by atoms with E-state index >= 15 is 0 Å². The summed E-state index contributed by atoms with van der Waals surface area (Å²) in [4.78, 5) is 33.5. The molecule has 1 rings (SSSR count). The average Bonchev–Trinajstić information content (AvgIpc) is 2.63. The SMILES string of the molecule is COC(=O)CCCCCCC(=O)N/N=C/c1ccccc1OCC(N)=O. The zero-order valence-corrected chi connectivity index (χ0v) is 14.9. The fourth-order valence-corrected chi connectivity index (χ4v) is 2.11. The van der Waals surface area contributed by atoms with Crippen molar-refractivity contribution in [3.63, 3.8) is 0 Å². The van der Waals surface area contributed by atoms with E-state index in [1.54, 1.807) is 24.3 Å². The van der Waals surface area contributed by atoms with E-state index in [0.717, 1.165) is 25.7 Å². The van der Waals surface area contributed by atoms with Crippen LogP contribution in [0.5, 0.6) is 5.75 Å². The molecule has 0 aliphatic carbocycles. The lowest BCUT2D eigenvalue weighted by Crippen LogP contribution is -2.20. The number of ether oxygens (including phenoxy) is 2. The minimum absolute atomic E-state index is 0.190. The van der Waals surface area contributed by atoms with Crippen LogP contribution in [-0.4, -0.2) is 37.7 Å². The second-order valence-corrected chi connectivity index (χ2v) is 5.58. The number of methoxy groups -OCH3 is 1. The third-order valence-corrected chi connectivity index (χ3v) is 3.44. The molecule has 0 heterocycles. The topological polar surface area (TPSA) is 120 Å². The van der Waals surface area contributed by atoms with Gasteiger partial charge in [0, 0.05) is 18.4 Å². The highest BCUT2D eigenvalue weighted by Crippen LogP contribution is 2.15. The molecule has 3 N–H and O–H groups in total. The Morgan fingerprint density at radius 2 is 1.81 bits per heavy atom. The smallest absolute Gasteiger partial charge is 0.305 e. The number of hydrazone groups is 1. The van der Waals surface area contributed by atoms with Crippen LogP contribution in [0.1, 0.15) is 44.1 Å². The molecule has 1 aromatic rings. The molecule has 0 fully saturated rings. The molecule has 0 atom stereocenters. The normalized spacial score (nSPS) is 10.5. The summed E-state index contributed by atoms with van der Waals surface area (Å²) >= 11 is 0. The number of primary amides is 1. The van der Waals surface area contributed by atoms with Gasteiger partial charge in [0.05, 0.1) is 13.3 Å². The van der Waals surface area contributed by atoms with Gasteiger partial charge in [-0.15, -0.1) is 0 Å². The van der Waals surface area contributed by atoms with E-state index in [-0.39, 0.29) is 18.5 Å². The lowest BCUT2D eigenvalue weighted by Gasteiger charge is -2.06. The molecule has 0 radical (unpaired) electrons. The van der Waals surface area contributed by atoms with Gasteiger partial charge in [0.2, 0.25) is 5.91 Å². The number of carbonyl (C=O) groups excluding carboxylic acids is 3. The number of para-hydroxylation sites is 1. The molecule has 0 unspecified atom stereocenters. The van der Waals surface area contributed by atoms with Gasteiger partial charge in [-0.2, -0.15) is 5.10 Å². The van der Waals surface area contributed by atoms with Crippen LogP contribution >= 0.6 is 0 Å². The van der Waals surface area contributed by atoms with Crippen molar-refractivity contribution in [2.75, 3.05) is 13.7 Å². The predicted molar refractivity (Wildman–Crippen MR) is 96.6 cm³/mol. The van der Waals surface area contributed by atoms with E-state index in [4.69, 9.17) is 10.5 Å². The summed E-state index contributed by atoms with van der Waals surface area (Å²) in [6.07, 6.45) is 5.42. The van der Waals surface area contributed by atoms with Crippen LogP contribution in [0.15, 0.2) is 29.4 Å². The lowest BCUT2D eigenvalue weighted by atomic mass is 10.1. The molecule has 8 nitrogen and oxygen atoms in total. The number of benzene rings is 1. The van der Waals surface area contributed by atoms with E-state index in [9.17, 15) is 14.4 Å². The number of nitrogens with two attached hydrogens (primary N) is 1. The van der Waals surface area contributed by atoms with Crippen LogP contribution in [0, 0.1) is 0 Å². The minimum Gasteiger partial charge on any atom is -0.483 e. The van der Waals surface area contributed by atoms with Crippen LogP contribution < -0.4 is 15.9 Å². The number of rotatable bonds is 12. The average molecular weight is 363 g/mol. The highest BCUT2D eigenvalue weighted by atomic mass is 16.5. The van der Waals surface area contributed by atoms with Gasteiger partial charge in [0.1, 0.15) is 5.75 Å². The molecular weight excluding hydrogens is 338 g/mol. The van der Waals surface area contributed by atoms with Crippen LogP contribution in [0.3, 0.4) is 0 Å². The Balaban J connectivity index is 2.28. The first-order valence-electron chi connectivity index (χ1n) is 8.41. The molecule has 0 saturated heterocycles. The lowest BCUT2D eigenvalue weighted by molar-refractivity contribution is -0.140. The predicted octanol–water partition coefficient (Wildman–Crippen LogP) is 1.51. The van der Waals surface area contributed by atoms with Gasteiger partial charge >= 0.3 is 5.97 Å². The third-order valence-electron chi connectivity index (χ3n) is 3.44. The molecule has 8 heteroatoms. The van der Waals surface area contributed by atoms with Crippen molar-refractivity contribution in [1.29, 1.82) is 0 Å². The molecule has 1 aromatic carbocycles. The molecule has 0 bridgehead atoms. The number of esters is 1. The molecule has 2 amide bonds. The fraction of sp³-hybridized carbons (Fsp3) is 0.444. The van der Waals surface area contributed by atoms with Crippen molar-refractivity contribution in [2.24, 2.45) is 10.8 Å². The summed E-state index contributed by atoms with van der Waals surface area (Å²) in [5.74, 6) is -0.520. The Bertz CT molecular complexity index is 631. The van der Waals surface area contributed by atoms with Crippen LogP contribution in [0.2, 0.25) is 0 Å². The summed E-state index contributed by atoms with van der Waals surface area (Å²) in [5.41, 5.74) is 8.12. The third kappa shape index (κ3) is 9.41. The van der Waals surface area contributed by atoms with Gasteiger partial charge in [-0.1, -0.05) is 25.0 Å². The van der Waals surface area contributed by atoms with Crippen molar-refractivity contribution >= 4 is 24.0 Å². The van der Waals surface area contributed by atoms with E-state index in [1.165, 1.54) is 13.3 Å². The number of unbranched alkanes of at least 4 members (excludes halogenated alkanes) is 3. The number of nitrogens with one attached hydrogen (secondary N) is 1. The van der Waals surface area contributed by atoms with E-state index in [2.05, 4.69) is 15.3 Å².